The molecule has 188 valence electrons. The molecule has 1 aliphatic heterocycles. The summed E-state index contributed by atoms with van der Waals surface area (Å²) in [6.07, 6.45) is 3.59. The van der Waals surface area contributed by atoms with Crippen molar-refractivity contribution in [3.05, 3.63) is 52.8 Å². The number of hydrogen-bond donors (Lipinski definition) is 0. The van der Waals surface area contributed by atoms with Gasteiger partial charge in [-0.15, -0.1) is 0 Å². The molecule has 0 radical (unpaired) electrons. The largest absolute Gasteiger partial charge is 0.495 e. The number of rotatable bonds is 8. The Hall–Kier alpha value is -2.53. The molecule has 35 heavy (non-hydrogen) atoms. The summed E-state index contributed by atoms with van der Waals surface area (Å²) in [4.78, 5) is 18.1. The Kier molecular flexibility index (Phi) is 8.05. The van der Waals surface area contributed by atoms with Gasteiger partial charge in [-0.1, -0.05) is 30.7 Å². The van der Waals surface area contributed by atoms with Crippen molar-refractivity contribution in [2.45, 2.75) is 50.1 Å². The summed E-state index contributed by atoms with van der Waals surface area (Å²) in [7, 11) is -0.375. The number of carbonyl (C=O) groups is 1. The molecule has 2 heterocycles. The summed E-state index contributed by atoms with van der Waals surface area (Å²) in [5.74, 6) is 0.261. The van der Waals surface area contributed by atoms with Gasteiger partial charge in [0.05, 0.1) is 23.3 Å². The first-order valence-corrected chi connectivity index (χ1v) is 14.0. The van der Waals surface area contributed by atoms with E-state index in [4.69, 9.17) is 9.47 Å². The van der Waals surface area contributed by atoms with E-state index in [0.717, 1.165) is 35.9 Å². The van der Waals surface area contributed by atoms with Crippen molar-refractivity contribution in [2.24, 2.45) is 4.99 Å². The lowest BCUT2D eigenvalue weighted by molar-refractivity contribution is 0.0997. The lowest BCUT2D eigenvalue weighted by Gasteiger charge is -2.34. The highest BCUT2D eigenvalue weighted by Crippen LogP contribution is 2.28. The predicted molar refractivity (Wildman–Crippen MR) is 136 cm³/mol. The molecular weight excluding hydrogens is 486 g/mol. The maximum Gasteiger partial charge on any atom is 0.279 e. The number of thiazole rings is 1. The summed E-state index contributed by atoms with van der Waals surface area (Å²) in [5, 5.41) is 0. The molecule has 10 heteroatoms. The molecule has 1 amide bonds. The number of nitrogens with zero attached hydrogens (tertiary/aromatic N) is 3. The molecule has 0 saturated carbocycles. The predicted octanol–water partition coefficient (Wildman–Crippen LogP) is 4.05. The third kappa shape index (κ3) is 5.20. The van der Waals surface area contributed by atoms with E-state index in [0.29, 0.717) is 35.8 Å². The van der Waals surface area contributed by atoms with Crippen LogP contribution in [0.25, 0.3) is 10.2 Å². The molecule has 4 rings (SSSR count). The van der Waals surface area contributed by atoms with Crippen LogP contribution in [0.15, 0.2) is 52.4 Å². The highest BCUT2D eigenvalue weighted by atomic mass is 32.2. The Morgan fingerprint density at radius 3 is 2.60 bits per heavy atom. The summed E-state index contributed by atoms with van der Waals surface area (Å²) in [5.41, 5.74) is 1.19. The first kappa shape index (κ1) is 25.6. The molecule has 1 fully saturated rings. The topological polar surface area (TPSA) is 90.2 Å². The maximum atomic E-state index is 13.2. The summed E-state index contributed by atoms with van der Waals surface area (Å²) in [6.45, 7) is 3.51. The zero-order chi connectivity index (χ0) is 25.0. The van der Waals surface area contributed by atoms with E-state index in [-0.39, 0.29) is 10.9 Å². The fourth-order valence-electron chi connectivity index (χ4n) is 4.49. The van der Waals surface area contributed by atoms with Crippen LogP contribution >= 0.6 is 11.3 Å². The van der Waals surface area contributed by atoms with Crippen molar-refractivity contribution >= 4 is 37.5 Å². The van der Waals surface area contributed by atoms with E-state index in [9.17, 15) is 13.2 Å². The molecule has 0 spiro atoms. The molecule has 0 bridgehead atoms. The smallest absolute Gasteiger partial charge is 0.279 e. The van der Waals surface area contributed by atoms with Gasteiger partial charge in [-0.25, -0.2) is 8.42 Å². The van der Waals surface area contributed by atoms with Crippen molar-refractivity contribution in [1.29, 1.82) is 0 Å². The normalized spacial score (nSPS) is 17.7. The quantitative estimate of drug-likeness (QED) is 0.450. The van der Waals surface area contributed by atoms with Crippen LogP contribution in [-0.2, 0) is 21.3 Å². The lowest BCUT2D eigenvalue weighted by atomic mass is 10.0. The van der Waals surface area contributed by atoms with E-state index in [1.54, 1.807) is 18.5 Å². The number of amides is 1. The van der Waals surface area contributed by atoms with Gasteiger partial charge in [0, 0.05) is 31.8 Å². The molecular formula is C25H31N3O5S2. The summed E-state index contributed by atoms with van der Waals surface area (Å²) < 4.78 is 41.7. The van der Waals surface area contributed by atoms with Crippen molar-refractivity contribution in [3.63, 3.8) is 0 Å². The first-order chi connectivity index (χ1) is 16.9. The van der Waals surface area contributed by atoms with Gasteiger partial charge in [0.2, 0.25) is 10.0 Å². The van der Waals surface area contributed by atoms with Gasteiger partial charge in [0.1, 0.15) is 11.3 Å². The van der Waals surface area contributed by atoms with Crippen molar-refractivity contribution in [3.8, 4) is 5.75 Å². The van der Waals surface area contributed by atoms with Gasteiger partial charge in [0.15, 0.2) is 4.80 Å². The zero-order valence-electron chi connectivity index (χ0n) is 20.3. The van der Waals surface area contributed by atoms with Crippen LogP contribution < -0.4 is 9.54 Å². The molecule has 0 N–H and O–H groups in total. The van der Waals surface area contributed by atoms with Crippen LogP contribution in [-0.4, -0.2) is 56.6 Å². The SMILES string of the molecule is CCC1CCCCN1S(=O)(=O)c1ccc(C(=O)N=c2sc3cccc(OC)c3n2CCOC)cc1. The number of para-hydroxylation sites is 1. The van der Waals surface area contributed by atoms with Gasteiger partial charge < -0.3 is 14.0 Å². The van der Waals surface area contributed by atoms with Crippen molar-refractivity contribution < 1.29 is 22.7 Å². The Bertz CT molecular complexity index is 1360. The van der Waals surface area contributed by atoms with E-state index in [1.807, 2.05) is 29.7 Å². The third-order valence-corrected chi connectivity index (χ3v) is 9.36. The number of ether oxygens (including phenoxy) is 2. The number of benzene rings is 2. The number of carbonyl (C=O) groups excluding carboxylic acids is 1. The second-order valence-electron chi connectivity index (χ2n) is 8.45. The zero-order valence-corrected chi connectivity index (χ0v) is 21.9. The van der Waals surface area contributed by atoms with Crippen LogP contribution in [0.1, 0.15) is 43.0 Å². The summed E-state index contributed by atoms with van der Waals surface area (Å²) >= 11 is 1.39. The van der Waals surface area contributed by atoms with Gasteiger partial charge in [-0.3, -0.25) is 4.79 Å². The van der Waals surface area contributed by atoms with Crippen LogP contribution in [0.3, 0.4) is 0 Å². The Labute approximate surface area is 209 Å². The molecule has 1 unspecified atom stereocenters. The first-order valence-electron chi connectivity index (χ1n) is 11.8. The second-order valence-corrected chi connectivity index (χ2v) is 11.4. The fraction of sp³-hybridized carbons (Fsp3) is 0.440. The molecule has 1 atom stereocenters. The molecule has 0 aliphatic carbocycles. The number of aromatic nitrogens is 1. The number of piperidine rings is 1. The van der Waals surface area contributed by atoms with E-state index in [1.165, 1.54) is 35.6 Å². The van der Waals surface area contributed by atoms with Crippen molar-refractivity contribution in [2.75, 3.05) is 27.4 Å². The Morgan fingerprint density at radius 1 is 1.14 bits per heavy atom. The highest BCUT2D eigenvalue weighted by Gasteiger charge is 2.32. The Morgan fingerprint density at radius 2 is 1.91 bits per heavy atom. The van der Waals surface area contributed by atoms with Crippen LogP contribution in [0.5, 0.6) is 5.75 Å². The van der Waals surface area contributed by atoms with E-state index >= 15 is 0 Å². The molecule has 2 aromatic carbocycles. The minimum atomic E-state index is -3.61. The van der Waals surface area contributed by atoms with Crippen LogP contribution in [0.2, 0.25) is 0 Å². The van der Waals surface area contributed by atoms with Crippen molar-refractivity contribution in [1.82, 2.24) is 8.87 Å². The van der Waals surface area contributed by atoms with Crippen LogP contribution in [0, 0.1) is 0 Å². The molecule has 1 aliphatic rings. The van der Waals surface area contributed by atoms with Gasteiger partial charge in [0.25, 0.3) is 5.91 Å². The molecule has 1 aromatic heterocycles. The van der Waals surface area contributed by atoms with Crippen LogP contribution in [0.4, 0.5) is 0 Å². The number of fused-ring (bicyclic) bond motifs is 1. The minimum Gasteiger partial charge on any atom is -0.495 e. The van der Waals surface area contributed by atoms with E-state index < -0.39 is 15.9 Å². The highest BCUT2D eigenvalue weighted by molar-refractivity contribution is 7.89. The standard InChI is InChI=1S/C25H31N3O5S2/c1-4-19-8-5-6-15-28(19)35(30,31)20-13-11-18(12-14-20)24(29)26-25-27(16-17-32-2)23-21(33-3)9-7-10-22(23)34-25/h7,9-14,19H,4-6,8,15-17H2,1-3H3. The van der Waals surface area contributed by atoms with E-state index in [2.05, 4.69) is 4.99 Å². The summed E-state index contributed by atoms with van der Waals surface area (Å²) in [6, 6.07) is 11.8. The average molecular weight is 518 g/mol. The Balaban J connectivity index is 1.66. The monoisotopic (exact) mass is 517 g/mol. The fourth-order valence-corrected chi connectivity index (χ4v) is 7.33. The third-order valence-electron chi connectivity index (χ3n) is 6.35. The van der Waals surface area contributed by atoms with Gasteiger partial charge in [-0.05, 0) is 55.7 Å². The number of sulfonamides is 1. The minimum absolute atomic E-state index is 0.0255. The number of hydrogen-bond acceptors (Lipinski definition) is 6. The number of methoxy groups -OCH3 is 2. The lowest BCUT2D eigenvalue weighted by Crippen LogP contribution is -2.43. The molecule has 1 saturated heterocycles. The van der Waals surface area contributed by atoms with Gasteiger partial charge >= 0.3 is 0 Å². The second kappa shape index (κ2) is 11.0. The molecule has 8 nitrogen and oxygen atoms in total. The maximum absolute atomic E-state index is 13.2. The molecule has 3 aromatic rings. The average Bonchev–Trinajstić information content (AvgIpc) is 3.24. The van der Waals surface area contributed by atoms with Gasteiger partial charge in [-0.2, -0.15) is 9.30 Å².